The third-order valence-corrected chi connectivity index (χ3v) is 5.10. The van der Waals surface area contributed by atoms with Crippen molar-refractivity contribution in [3.8, 4) is 5.75 Å². The van der Waals surface area contributed by atoms with E-state index in [1.165, 1.54) is 0 Å². The number of nitrogens with zero attached hydrogens (tertiary/aromatic N) is 2. The number of guanidine groups is 1. The summed E-state index contributed by atoms with van der Waals surface area (Å²) in [5.41, 5.74) is 2.82. The molecule has 0 saturated carbocycles. The molecule has 0 fully saturated rings. The number of carbonyl (C=O) groups is 1. The topological polar surface area (TPSA) is 112 Å². The molecule has 156 valence electrons. The van der Waals surface area contributed by atoms with E-state index < -0.39 is 5.97 Å². The van der Waals surface area contributed by atoms with Crippen molar-refractivity contribution in [2.24, 2.45) is 4.99 Å². The summed E-state index contributed by atoms with van der Waals surface area (Å²) in [5, 5.41) is 16.8. The number of fused-ring (bicyclic) bond motifs is 1. The molecule has 4 N–H and O–H groups in total. The van der Waals surface area contributed by atoms with Crippen LogP contribution in [0.5, 0.6) is 5.75 Å². The van der Waals surface area contributed by atoms with Crippen molar-refractivity contribution >= 4 is 22.8 Å². The highest BCUT2D eigenvalue weighted by Crippen LogP contribution is 2.34. The van der Waals surface area contributed by atoms with Gasteiger partial charge in [0, 0.05) is 54.6 Å². The fraction of sp³-hybridized carbons (Fsp3) is 0.318. The molecule has 3 heterocycles. The van der Waals surface area contributed by atoms with Crippen molar-refractivity contribution in [2.45, 2.75) is 18.8 Å². The number of aliphatic carboxylic acids is 1. The Morgan fingerprint density at radius 1 is 1.27 bits per heavy atom. The van der Waals surface area contributed by atoms with Gasteiger partial charge in [-0.3, -0.25) is 14.8 Å². The normalized spacial score (nSPS) is 14.2. The zero-order chi connectivity index (χ0) is 20.8. The second-order valence-electron chi connectivity index (χ2n) is 7.17. The average Bonchev–Trinajstić information content (AvgIpc) is 3.42. The summed E-state index contributed by atoms with van der Waals surface area (Å²) in [7, 11) is 0. The molecule has 3 aromatic rings. The van der Waals surface area contributed by atoms with E-state index in [0.29, 0.717) is 6.61 Å². The predicted octanol–water partition coefficient (Wildman–Crippen LogP) is 2.49. The second kappa shape index (κ2) is 9.30. The number of carboxylic acids is 1. The van der Waals surface area contributed by atoms with Crippen LogP contribution in [-0.2, 0) is 4.79 Å². The van der Waals surface area contributed by atoms with Crippen LogP contribution in [-0.4, -0.2) is 53.2 Å². The molecule has 1 aliphatic heterocycles. The highest BCUT2D eigenvalue weighted by molar-refractivity contribution is 5.86. The van der Waals surface area contributed by atoms with E-state index in [1.54, 1.807) is 12.4 Å². The van der Waals surface area contributed by atoms with Crippen LogP contribution in [0, 0.1) is 0 Å². The monoisotopic (exact) mass is 407 g/mol. The van der Waals surface area contributed by atoms with Crippen molar-refractivity contribution in [1.29, 1.82) is 0 Å². The Kier molecular flexibility index (Phi) is 6.12. The van der Waals surface area contributed by atoms with Crippen LogP contribution in [0.3, 0.4) is 0 Å². The van der Waals surface area contributed by atoms with Gasteiger partial charge in [-0.15, -0.1) is 0 Å². The zero-order valence-electron chi connectivity index (χ0n) is 16.6. The average molecular weight is 407 g/mol. The molecule has 0 aliphatic carbocycles. The van der Waals surface area contributed by atoms with E-state index in [1.807, 2.05) is 36.5 Å². The fourth-order valence-electron chi connectivity index (χ4n) is 3.67. The molecule has 0 bridgehead atoms. The summed E-state index contributed by atoms with van der Waals surface area (Å²) < 4.78 is 5.88. The number of carboxylic acid groups (broad SMARTS) is 1. The molecule has 0 amide bonds. The molecule has 4 rings (SSSR count). The van der Waals surface area contributed by atoms with E-state index in [-0.39, 0.29) is 12.3 Å². The highest BCUT2D eigenvalue weighted by Gasteiger charge is 2.21. The van der Waals surface area contributed by atoms with Gasteiger partial charge in [0.25, 0.3) is 0 Å². The SMILES string of the molecule is O=C(O)CC(c1ccncc1)c1c[nH]c2cc(OCCCNC3=NCCN3)ccc12. The van der Waals surface area contributed by atoms with Gasteiger partial charge in [-0.25, -0.2) is 0 Å². The number of aromatic amines is 1. The molecule has 1 atom stereocenters. The number of ether oxygens (including phenoxy) is 1. The first-order chi connectivity index (χ1) is 14.7. The summed E-state index contributed by atoms with van der Waals surface area (Å²) in [6.07, 6.45) is 6.14. The minimum Gasteiger partial charge on any atom is -0.493 e. The molecule has 8 nitrogen and oxygen atoms in total. The molecular formula is C22H25N5O3. The number of nitrogens with one attached hydrogen (secondary N) is 3. The van der Waals surface area contributed by atoms with Gasteiger partial charge in [0.1, 0.15) is 5.75 Å². The van der Waals surface area contributed by atoms with Crippen LogP contribution in [0.4, 0.5) is 0 Å². The predicted molar refractivity (Wildman–Crippen MR) is 115 cm³/mol. The smallest absolute Gasteiger partial charge is 0.304 e. The number of benzene rings is 1. The van der Waals surface area contributed by atoms with E-state index in [0.717, 1.165) is 59.8 Å². The highest BCUT2D eigenvalue weighted by atomic mass is 16.5. The van der Waals surface area contributed by atoms with Crippen molar-refractivity contribution in [3.05, 3.63) is 60.0 Å². The molecule has 2 aromatic heterocycles. The number of rotatable bonds is 9. The Balaban J connectivity index is 1.42. The summed E-state index contributed by atoms with van der Waals surface area (Å²) in [4.78, 5) is 23.1. The Labute approximate surface area is 174 Å². The van der Waals surface area contributed by atoms with Crippen LogP contribution in [0.15, 0.2) is 53.9 Å². The van der Waals surface area contributed by atoms with Gasteiger partial charge in [0.15, 0.2) is 5.96 Å². The van der Waals surface area contributed by atoms with E-state index in [2.05, 4.69) is 25.6 Å². The zero-order valence-corrected chi connectivity index (χ0v) is 16.6. The third-order valence-electron chi connectivity index (χ3n) is 5.10. The Morgan fingerprint density at radius 3 is 2.90 bits per heavy atom. The first-order valence-corrected chi connectivity index (χ1v) is 10.1. The molecule has 0 radical (unpaired) electrons. The first kappa shape index (κ1) is 19.8. The van der Waals surface area contributed by atoms with Crippen molar-refractivity contribution < 1.29 is 14.6 Å². The van der Waals surface area contributed by atoms with Gasteiger partial charge in [0.05, 0.1) is 19.6 Å². The number of hydrogen-bond acceptors (Lipinski definition) is 6. The van der Waals surface area contributed by atoms with Crippen LogP contribution >= 0.6 is 0 Å². The Hall–Kier alpha value is -3.55. The van der Waals surface area contributed by atoms with Crippen LogP contribution in [0.2, 0.25) is 0 Å². The summed E-state index contributed by atoms with van der Waals surface area (Å²) in [5.74, 6) is 0.564. The number of aromatic nitrogens is 2. The summed E-state index contributed by atoms with van der Waals surface area (Å²) in [6, 6.07) is 9.61. The lowest BCUT2D eigenvalue weighted by molar-refractivity contribution is -0.137. The molecule has 30 heavy (non-hydrogen) atoms. The van der Waals surface area contributed by atoms with E-state index in [4.69, 9.17) is 4.74 Å². The number of aliphatic imine (C=N–C) groups is 1. The second-order valence-corrected chi connectivity index (χ2v) is 7.17. The van der Waals surface area contributed by atoms with Gasteiger partial charge in [-0.2, -0.15) is 0 Å². The van der Waals surface area contributed by atoms with Gasteiger partial charge in [0.2, 0.25) is 0 Å². The molecule has 0 saturated heterocycles. The van der Waals surface area contributed by atoms with Crippen LogP contribution in [0.1, 0.15) is 29.9 Å². The largest absolute Gasteiger partial charge is 0.493 e. The van der Waals surface area contributed by atoms with Crippen molar-refractivity contribution in [1.82, 2.24) is 20.6 Å². The summed E-state index contributed by atoms with van der Waals surface area (Å²) in [6.45, 7) is 3.11. The van der Waals surface area contributed by atoms with Gasteiger partial charge >= 0.3 is 5.97 Å². The molecule has 1 aromatic carbocycles. The first-order valence-electron chi connectivity index (χ1n) is 10.1. The number of H-pyrrole nitrogens is 1. The van der Waals surface area contributed by atoms with Crippen LogP contribution < -0.4 is 15.4 Å². The van der Waals surface area contributed by atoms with Crippen molar-refractivity contribution in [2.75, 3.05) is 26.2 Å². The Bertz CT molecular complexity index is 1030. The van der Waals surface area contributed by atoms with Crippen LogP contribution in [0.25, 0.3) is 10.9 Å². The van der Waals surface area contributed by atoms with E-state index >= 15 is 0 Å². The number of hydrogen-bond donors (Lipinski definition) is 4. The maximum absolute atomic E-state index is 11.5. The lowest BCUT2D eigenvalue weighted by Gasteiger charge is -2.15. The van der Waals surface area contributed by atoms with Gasteiger partial charge in [-0.05, 0) is 41.8 Å². The molecule has 0 spiro atoms. The minimum atomic E-state index is -0.835. The lowest BCUT2D eigenvalue weighted by Crippen LogP contribution is -2.34. The molecule has 1 unspecified atom stereocenters. The lowest BCUT2D eigenvalue weighted by atomic mass is 9.89. The van der Waals surface area contributed by atoms with Gasteiger partial charge in [-0.1, -0.05) is 0 Å². The standard InChI is InChI=1S/C22H25N5O3/c28-21(29)13-18(15-4-7-23-8-5-15)19-14-27-20-12-16(2-3-17(19)20)30-11-1-6-24-22-25-9-10-26-22/h2-5,7-8,12,14,18,27H,1,6,9-11,13H2,(H,28,29)(H2,24,25,26). The quantitative estimate of drug-likeness (QED) is 0.406. The van der Waals surface area contributed by atoms with E-state index in [9.17, 15) is 9.90 Å². The maximum Gasteiger partial charge on any atom is 0.304 e. The Morgan fingerprint density at radius 2 is 2.13 bits per heavy atom. The molecule has 1 aliphatic rings. The minimum absolute atomic E-state index is 0.0162. The van der Waals surface area contributed by atoms with Gasteiger partial charge < -0.3 is 25.5 Å². The molecular weight excluding hydrogens is 382 g/mol. The maximum atomic E-state index is 11.5. The third kappa shape index (κ3) is 4.71. The fourth-order valence-corrected chi connectivity index (χ4v) is 3.67. The van der Waals surface area contributed by atoms with Crippen molar-refractivity contribution in [3.63, 3.8) is 0 Å². The molecule has 8 heteroatoms. The number of pyridine rings is 1. The summed E-state index contributed by atoms with van der Waals surface area (Å²) >= 11 is 0.